The maximum Gasteiger partial charge on any atom is 0.313 e. The maximum atomic E-state index is 10.0. The van der Waals surface area contributed by atoms with Crippen LogP contribution in [0.1, 0.15) is 0 Å². The van der Waals surface area contributed by atoms with Crippen LogP contribution in [0.15, 0.2) is 0 Å². The second-order valence-corrected chi connectivity index (χ2v) is 4.77. The van der Waals surface area contributed by atoms with Gasteiger partial charge in [-0.2, -0.15) is 0 Å². The summed E-state index contributed by atoms with van der Waals surface area (Å²) in [7, 11) is 0. The van der Waals surface area contributed by atoms with E-state index in [1.165, 1.54) is 0 Å². The molecule has 0 aliphatic carbocycles. The summed E-state index contributed by atoms with van der Waals surface area (Å²) in [5.74, 6) is -2.16. The number of rotatable bonds is 4. The number of aliphatic carboxylic acids is 2. The summed E-state index contributed by atoms with van der Waals surface area (Å²) in [6, 6.07) is 0. The quantitative estimate of drug-likeness (QED) is 0.557. The van der Waals surface area contributed by atoms with Crippen LogP contribution in [0.4, 0.5) is 0 Å². The molecule has 0 atom stereocenters. The fourth-order valence-corrected chi connectivity index (χ4v) is 1.81. The Morgan fingerprint density at radius 3 is 1.50 bits per heavy atom. The Hall–Kier alpha value is 1.73. The number of thioether (sulfide) groups is 2. The van der Waals surface area contributed by atoms with Crippen LogP contribution in [-0.4, -0.2) is 96.3 Å². The fraction of sp³-hybridized carbons (Fsp3) is 0.400. The van der Waals surface area contributed by atoms with Crippen molar-refractivity contribution in [1.29, 1.82) is 0 Å². The molecule has 0 heterocycles. The van der Waals surface area contributed by atoms with Crippen LogP contribution in [0.25, 0.3) is 0 Å². The van der Waals surface area contributed by atoms with Crippen LogP contribution in [0.5, 0.6) is 0 Å². The normalized spacial score (nSPS) is 8.00. The topological polar surface area (TPSA) is 74.6 Å². The number of carboxylic acid groups (broad SMARTS) is 2. The largest absolute Gasteiger partial charge is 0.481 e. The van der Waals surface area contributed by atoms with Crippen LogP contribution in [0.2, 0.25) is 0 Å². The first-order valence-corrected chi connectivity index (χ1v) is 5.13. The van der Waals surface area contributed by atoms with E-state index in [1.54, 1.807) is 0 Å². The van der Waals surface area contributed by atoms with Gasteiger partial charge in [0.2, 0.25) is 0 Å². The molecule has 0 bridgehead atoms. The van der Waals surface area contributed by atoms with E-state index in [2.05, 4.69) is 0 Å². The molecular formula is C5H6Na2O4S3. The Balaban J connectivity index is -0.000000605. The Morgan fingerprint density at radius 2 is 1.29 bits per heavy atom. The van der Waals surface area contributed by atoms with Gasteiger partial charge in [-0.25, -0.2) is 0 Å². The van der Waals surface area contributed by atoms with Crippen LogP contribution in [0, 0.1) is 0 Å². The van der Waals surface area contributed by atoms with E-state index >= 15 is 0 Å². The van der Waals surface area contributed by atoms with E-state index < -0.39 is 11.9 Å². The van der Waals surface area contributed by atoms with Crippen molar-refractivity contribution in [3.8, 4) is 0 Å². The fourth-order valence-electron chi connectivity index (χ4n) is 0.283. The molecule has 9 heteroatoms. The zero-order valence-corrected chi connectivity index (χ0v) is 14.3. The van der Waals surface area contributed by atoms with Crippen molar-refractivity contribution in [3.63, 3.8) is 0 Å². The van der Waals surface area contributed by atoms with Crippen molar-refractivity contribution >= 4 is 110 Å². The number of hydrogen-bond acceptors (Lipinski definition) is 5. The van der Waals surface area contributed by atoms with Gasteiger partial charge in [-0.15, -0.1) is 0 Å². The summed E-state index contributed by atoms with van der Waals surface area (Å²) in [5, 5.41) is 16.5. The van der Waals surface area contributed by atoms with Crippen molar-refractivity contribution in [2.75, 3.05) is 11.5 Å². The molecule has 0 aromatic heterocycles. The molecule has 0 aromatic rings. The van der Waals surface area contributed by atoms with Crippen molar-refractivity contribution in [2.45, 2.75) is 0 Å². The monoisotopic (exact) mass is 272 g/mol. The van der Waals surface area contributed by atoms with Gasteiger partial charge in [0.05, 0.1) is 11.5 Å². The van der Waals surface area contributed by atoms with Gasteiger partial charge in [0.15, 0.2) is 0 Å². The molecular weight excluding hydrogens is 266 g/mol. The van der Waals surface area contributed by atoms with Crippen LogP contribution in [0.3, 0.4) is 0 Å². The third-order valence-electron chi connectivity index (χ3n) is 0.627. The van der Waals surface area contributed by atoms with Crippen molar-refractivity contribution < 1.29 is 19.8 Å². The van der Waals surface area contributed by atoms with Crippen LogP contribution >= 0.6 is 35.7 Å². The first-order chi connectivity index (χ1) is 5.52. The zero-order chi connectivity index (χ0) is 9.56. The van der Waals surface area contributed by atoms with Gasteiger partial charge in [0.1, 0.15) is 3.53 Å². The van der Waals surface area contributed by atoms with E-state index in [-0.39, 0.29) is 70.6 Å². The van der Waals surface area contributed by atoms with E-state index in [0.29, 0.717) is 3.53 Å². The van der Waals surface area contributed by atoms with E-state index in [4.69, 9.17) is 22.4 Å². The molecule has 0 spiro atoms. The Kier molecular flexibility index (Phi) is 19.3. The Bertz CT molecular complexity index is 191. The second-order valence-electron chi connectivity index (χ2n) is 1.61. The van der Waals surface area contributed by atoms with E-state index in [9.17, 15) is 9.59 Å². The number of carboxylic acids is 2. The second kappa shape index (κ2) is 12.8. The molecule has 0 fully saturated rings. The predicted octanol–water partition coefficient (Wildman–Crippen LogP) is 0.145. The van der Waals surface area contributed by atoms with Gasteiger partial charge >= 0.3 is 11.9 Å². The van der Waals surface area contributed by atoms with Crippen molar-refractivity contribution in [2.24, 2.45) is 0 Å². The Labute approximate surface area is 140 Å². The first kappa shape index (κ1) is 21.1. The molecule has 2 radical (unpaired) electrons. The zero-order valence-electron chi connectivity index (χ0n) is 7.85. The van der Waals surface area contributed by atoms with Crippen LogP contribution in [-0.2, 0) is 9.59 Å². The summed E-state index contributed by atoms with van der Waals surface area (Å²) in [5.41, 5.74) is 0. The summed E-state index contributed by atoms with van der Waals surface area (Å²) >= 11 is 6.61. The van der Waals surface area contributed by atoms with Gasteiger partial charge < -0.3 is 10.2 Å². The third kappa shape index (κ3) is 16.2. The number of carbonyl (C=O) groups is 2. The predicted molar refractivity (Wildman–Crippen MR) is 64.3 cm³/mol. The standard InChI is InChI=1S/C5H6O4S3.2Na/c6-3(7)1-11-5(10)12-2-4(8)9;;/h1-2H2,(H,6,7)(H,8,9);;. The van der Waals surface area contributed by atoms with E-state index in [1.807, 2.05) is 0 Å². The molecule has 0 saturated heterocycles. The molecule has 0 aliphatic heterocycles. The first-order valence-electron chi connectivity index (χ1n) is 2.75. The van der Waals surface area contributed by atoms with Gasteiger partial charge in [0.25, 0.3) is 0 Å². The molecule has 0 unspecified atom stereocenters. The molecule has 0 aromatic carbocycles. The molecule has 0 aliphatic rings. The third-order valence-corrected chi connectivity index (χ3v) is 3.30. The molecule has 70 valence electrons. The molecule has 2 N–H and O–H groups in total. The minimum absolute atomic E-state index is 0. The number of hydrogen-bond donors (Lipinski definition) is 2. The van der Waals surface area contributed by atoms with Gasteiger partial charge in [-0.3, -0.25) is 9.59 Å². The van der Waals surface area contributed by atoms with Gasteiger partial charge in [0, 0.05) is 59.1 Å². The van der Waals surface area contributed by atoms with Gasteiger partial charge in [-0.05, 0) is 0 Å². The summed E-state index contributed by atoms with van der Waals surface area (Å²) in [6.07, 6.45) is 0. The van der Waals surface area contributed by atoms with Crippen molar-refractivity contribution in [3.05, 3.63) is 0 Å². The molecule has 14 heavy (non-hydrogen) atoms. The SMILES string of the molecule is O=C(O)CSC(=S)SCC(=O)O.[Na].[Na]. The van der Waals surface area contributed by atoms with Crippen LogP contribution < -0.4 is 0 Å². The van der Waals surface area contributed by atoms with Crippen molar-refractivity contribution in [1.82, 2.24) is 0 Å². The molecule has 0 saturated carbocycles. The molecule has 4 nitrogen and oxygen atoms in total. The Morgan fingerprint density at radius 1 is 1.00 bits per heavy atom. The minimum atomic E-state index is -0.960. The summed E-state index contributed by atoms with van der Waals surface area (Å²) < 4.78 is 0.347. The summed E-state index contributed by atoms with van der Waals surface area (Å²) in [4.78, 5) is 20.1. The molecule has 0 amide bonds. The number of thiocarbonyl (C=S) groups is 1. The minimum Gasteiger partial charge on any atom is -0.481 e. The molecule has 0 rings (SSSR count). The smallest absolute Gasteiger partial charge is 0.313 e. The van der Waals surface area contributed by atoms with Gasteiger partial charge in [-0.1, -0.05) is 35.7 Å². The average Bonchev–Trinajstić information content (AvgIpc) is 1.96. The average molecular weight is 272 g/mol. The summed E-state index contributed by atoms with van der Waals surface area (Å²) in [6.45, 7) is 0. The van der Waals surface area contributed by atoms with E-state index in [0.717, 1.165) is 23.5 Å². The maximum absolute atomic E-state index is 10.0.